The van der Waals surface area contributed by atoms with E-state index in [1.165, 1.54) is 0 Å². The average molecular weight is 346 g/mol. The molecule has 0 bridgehead atoms. The van der Waals surface area contributed by atoms with Crippen molar-refractivity contribution in [2.45, 2.75) is 4.90 Å². The first kappa shape index (κ1) is 16.1. The summed E-state index contributed by atoms with van der Waals surface area (Å²) >= 11 is 5.02. The summed E-state index contributed by atoms with van der Waals surface area (Å²) in [5, 5.41) is 0. The van der Waals surface area contributed by atoms with E-state index < -0.39 is 0 Å². The van der Waals surface area contributed by atoms with Crippen LogP contribution >= 0.6 is 0 Å². The molecule has 0 amide bonds. The molecular weight excluding hydrogens is 337 g/mol. The molecule has 5 heteroatoms. The van der Waals surface area contributed by atoms with E-state index in [4.69, 9.17) is 12.6 Å². The Kier molecular flexibility index (Phi) is 5.10. The van der Waals surface area contributed by atoms with Crippen molar-refractivity contribution in [2.75, 3.05) is 0 Å². The summed E-state index contributed by atoms with van der Waals surface area (Å²) in [7, 11) is 0. The van der Waals surface area contributed by atoms with Crippen molar-refractivity contribution in [3.63, 3.8) is 0 Å². The van der Waals surface area contributed by atoms with Crippen LogP contribution in [0.4, 0.5) is 0 Å². The predicted octanol–water partition coefficient (Wildman–Crippen LogP) is 1.54. The van der Waals surface area contributed by atoms with Crippen LogP contribution in [0.5, 0.6) is 0 Å². The van der Waals surface area contributed by atoms with Gasteiger partial charge in [0.05, 0.1) is 0 Å². The van der Waals surface area contributed by atoms with Gasteiger partial charge in [-0.1, -0.05) is 42.5 Å². The maximum absolute atomic E-state index is 12.2. The van der Waals surface area contributed by atoms with Crippen LogP contribution in [0.3, 0.4) is 0 Å². The van der Waals surface area contributed by atoms with Crippen molar-refractivity contribution < 1.29 is 47.8 Å². The van der Waals surface area contributed by atoms with Gasteiger partial charge in [-0.05, 0) is 0 Å². The summed E-state index contributed by atoms with van der Waals surface area (Å²) < 4.78 is 0. The molecule has 2 N–H and O–H groups in total. The fourth-order valence-electron chi connectivity index (χ4n) is 2.08. The number of rotatable bonds is 0. The van der Waals surface area contributed by atoms with Crippen LogP contribution < -0.4 is 0 Å². The molecule has 0 unspecified atom stereocenters. The first-order chi connectivity index (χ1) is 8.18. The van der Waals surface area contributed by atoms with Crippen LogP contribution in [0.1, 0.15) is 31.8 Å². The van der Waals surface area contributed by atoms with Crippen molar-refractivity contribution >= 4 is 24.2 Å². The van der Waals surface area contributed by atoms with E-state index in [1.54, 1.807) is 42.5 Å². The number of ketones is 2. The van der Waals surface area contributed by atoms with Gasteiger partial charge < -0.3 is 18.1 Å². The Morgan fingerprint density at radius 1 is 0.737 bits per heavy atom. The van der Waals surface area contributed by atoms with Gasteiger partial charge in [0.25, 0.3) is 0 Å². The molecule has 2 aromatic carbocycles. The number of hydrogen-bond donors (Lipinski definition) is 0. The first-order valence-electron chi connectivity index (χ1n) is 5.18. The Morgan fingerprint density at radius 2 is 1.21 bits per heavy atom. The van der Waals surface area contributed by atoms with E-state index >= 15 is 0 Å². The fourth-order valence-corrected chi connectivity index (χ4v) is 2.26. The van der Waals surface area contributed by atoms with Crippen LogP contribution in [0.2, 0.25) is 0 Å². The van der Waals surface area contributed by atoms with Gasteiger partial charge in [-0.25, -0.2) is 0 Å². The van der Waals surface area contributed by atoms with E-state index in [2.05, 4.69) is 0 Å². The molecule has 19 heavy (non-hydrogen) atoms. The number of benzene rings is 2. The fraction of sp³-hybridized carbons (Fsp3) is 0. The third-order valence-corrected chi connectivity index (χ3v) is 3.15. The molecule has 3 nitrogen and oxygen atoms in total. The minimum atomic E-state index is -0.123. The summed E-state index contributed by atoms with van der Waals surface area (Å²) in [5.74, 6) is -0.230. The quantitative estimate of drug-likeness (QED) is 0.580. The van der Waals surface area contributed by atoms with Crippen molar-refractivity contribution in [2.24, 2.45) is 0 Å². The van der Waals surface area contributed by atoms with Gasteiger partial charge in [0.2, 0.25) is 0 Å². The summed E-state index contributed by atoms with van der Waals surface area (Å²) in [5.41, 5.74) is 1.80. The molecule has 3 rings (SSSR count). The summed E-state index contributed by atoms with van der Waals surface area (Å²) in [6.07, 6.45) is 0. The smallest absolute Gasteiger partial charge is 0.194 e. The molecule has 1 aliphatic rings. The Balaban J connectivity index is 0.000000902. The van der Waals surface area contributed by atoms with Crippen LogP contribution in [-0.2, 0) is 45.3 Å². The first-order valence-corrected chi connectivity index (χ1v) is 5.59. The monoisotopic (exact) mass is 346 g/mol. The molecule has 0 fully saturated rings. The summed E-state index contributed by atoms with van der Waals surface area (Å²) in [6, 6.07) is 11.8. The second-order valence-electron chi connectivity index (χ2n) is 3.91. The van der Waals surface area contributed by atoms with Gasteiger partial charge in [-0.15, -0.1) is 0 Å². The van der Waals surface area contributed by atoms with Crippen molar-refractivity contribution in [1.82, 2.24) is 0 Å². The zero-order valence-electron chi connectivity index (χ0n) is 9.84. The minimum absolute atomic E-state index is 0. The maximum atomic E-state index is 12.2. The molecule has 0 spiro atoms. The predicted molar refractivity (Wildman–Crippen MR) is 69.0 cm³/mol. The average Bonchev–Trinajstić information content (AvgIpc) is 2.36. The number of carbonyl (C=O) groups is 2. The van der Waals surface area contributed by atoms with Gasteiger partial charge >= 0.3 is 0 Å². The molecule has 93 valence electrons. The molecule has 0 saturated carbocycles. The largest absolute Gasteiger partial charge is 0.780 e. The summed E-state index contributed by atoms with van der Waals surface area (Å²) in [6.45, 7) is 0. The number of fused-ring (bicyclic) bond motifs is 2. The van der Waals surface area contributed by atoms with Crippen molar-refractivity contribution in [3.05, 3.63) is 64.7 Å². The van der Waals surface area contributed by atoms with Crippen LogP contribution in [0.15, 0.2) is 47.4 Å². The Labute approximate surface area is 141 Å². The Hall–Kier alpha value is -0.936. The third-order valence-electron chi connectivity index (χ3n) is 2.90. The van der Waals surface area contributed by atoms with Gasteiger partial charge in [0, 0.05) is 55.0 Å². The van der Waals surface area contributed by atoms with Crippen LogP contribution in [-0.4, -0.2) is 17.0 Å². The molecule has 0 aromatic heterocycles. The van der Waals surface area contributed by atoms with E-state index in [9.17, 15) is 9.59 Å². The van der Waals surface area contributed by atoms with Gasteiger partial charge in [-0.2, -0.15) is 4.90 Å². The molecule has 0 aliphatic heterocycles. The SMILES string of the molecule is O.O=C1c2ccccc2C(=O)c2cc([S-])ccc21.[Y]. The Morgan fingerprint density at radius 3 is 1.79 bits per heavy atom. The molecule has 0 saturated heterocycles. The molecule has 0 heterocycles. The molecule has 2 aromatic rings. The van der Waals surface area contributed by atoms with E-state index in [0.717, 1.165) is 0 Å². The van der Waals surface area contributed by atoms with E-state index in [0.29, 0.717) is 27.1 Å². The number of carbonyl (C=O) groups excluding carboxylic acids is 2. The minimum Gasteiger partial charge on any atom is -0.780 e. The van der Waals surface area contributed by atoms with E-state index in [1.807, 2.05) is 0 Å². The molecule has 1 radical (unpaired) electrons. The van der Waals surface area contributed by atoms with E-state index in [-0.39, 0.29) is 49.8 Å². The molecule has 0 atom stereocenters. The zero-order chi connectivity index (χ0) is 12.0. The second kappa shape index (κ2) is 6.01. The van der Waals surface area contributed by atoms with Gasteiger partial charge in [0.1, 0.15) is 0 Å². The normalized spacial score (nSPS) is 11.8. The van der Waals surface area contributed by atoms with Crippen molar-refractivity contribution in [1.29, 1.82) is 0 Å². The zero-order valence-corrected chi connectivity index (χ0v) is 13.5. The third kappa shape index (κ3) is 2.54. The topological polar surface area (TPSA) is 65.6 Å². The van der Waals surface area contributed by atoms with Crippen LogP contribution in [0.25, 0.3) is 0 Å². The van der Waals surface area contributed by atoms with Crippen LogP contribution in [0, 0.1) is 0 Å². The standard InChI is InChI=1S/C14H8O2S.H2O.Y/c15-13-9-3-1-2-4-10(9)14(16)12-7-8(17)5-6-11(12)13;;/h1-7,17H;1H2;/p-1. The molecule has 1 aliphatic carbocycles. The molecular formula is C14H9O3SY-. The van der Waals surface area contributed by atoms with Gasteiger partial charge in [0.15, 0.2) is 11.6 Å². The Bertz CT molecular complexity index is 667. The number of hydrogen-bond acceptors (Lipinski definition) is 3. The van der Waals surface area contributed by atoms with Gasteiger partial charge in [-0.3, -0.25) is 9.59 Å². The maximum Gasteiger partial charge on any atom is 0.194 e. The summed E-state index contributed by atoms with van der Waals surface area (Å²) in [4.78, 5) is 25.0. The van der Waals surface area contributed by atoms with Crippen molar-refractivity contribution in [3.8, 4) is 0 Å². The second-order valence-corrected chi connectivity index (χ2v) is 4.38.